The molecule has 1 amide bonds. The highest BCUT2D eigenvalue weighted by Crippen LogP contribution is 2.39. The largest absolute Gasteiger partial charge is 0.497 e. The van der Waals surface area contributed by atoms with Crippen LogP contribution in [0.2, 0.25) is 0 Å². The number of piperazine rings is 1. The Bertz CT molecular complexity index is 1680. The summed E-state index contributed by atoms with van der Waals surface area (Å²) in [5, 5.41) is 3.95. The van der Waals surface area contributed by atoms with E-state index in [4.69, 9.17) is 26.4 Å². The predicted molar refractivity (Wildman–Crippen MR) is 174 cm³/mol. The van der Waals surface area contributed by atoms with Crippen LogP contribution in [-0.4, -0.2) is 71.6 Å². The Balaban J connectivity index is 1.15. The van der Waals surface area contributed by atoms with Gasteiger partial charge in [0.15, 0.2) is 21.8 Å². The number of nitrogens with one attached hydrogen (secondary N) is 1. The molecule has 2 aliphatic rings. The van der Waals surface area contributed by atoms with Gasteiger partial charge >= 0.3 is 12.4 Å². The van der Waals surface area contributed by atoms with Crippen molar-refractivity contribution in [3.63, 3.8) is 0 Å². The van der Waals surface area contributed by atoms with Crippen LogP contribution in [0.3, 0.4) is 0 Å². The fraction of sp³-hybridized carbons (Fsp3) is 0.344. The van der Waals surface area contributed by atoms with Gasteiger partial charge in [-0.1, -0.05) is 23.9 Å². The van der Waals surface area contributed by atoms with Gasteiger partial charge in [-0.15, -0.1) is 0 Å². The molecule has 16 heteroatoms. The molecule has 0 saturated carbocycles. The number of anilines is 1. The van der Waals surface area contributed by atoms with Crippen LogP contribution in [0, 0.1) is 0 Å². The predicted octanol–water partition coefficient (Wildman–Crippen LogP) is 6.88. The summed E-state index contributed by atoms with van der Waals surface area (Å²) in [6.45, 7) is 1.86. The number of ether oxygens (including phenoxy) is 3. The molecule has 1 fully saturated rings. The lowest BCUT2D eigenvalue weighted by Crippen LogP contribution is -2.51. The number of aliphatic imine (C=N–C) groups is 1. The number of halogens is 6. The first-order valence-electron chi connectivity index (χ1n) is 14.6. The van der Waals surface area contributed by atoms with Crippen molar-refractivity contribution < 1.29 is 45.3 Å². The minimum Gasteiger partial charge on any atom is -0.497 e. The number of carbonyl (C=O) groups excluding carboxylic acids is 1. The molecule has 0 spiro atoms. The first-order valence-corrected chi connectivity index (χ1v) is 15.8. The molecule has 1 N–H and O–H groups in total. The lowest BCUT2D eigenvalue weighted by Gasteiger charge is -2.36. The van der Waals surface area contributed by atoms with Crippen molar-refractivity contribution in [3.8, 4) is 17.2 Å². The van der Waals surface area contributed by atoms with Crippen LogP contribution in [0.25, 0.3) is 0 Å². The Morgan fingerprint density at radius 3 is 2.25 bits per heavy atom. The van der Waals surface area contributed by atoms with Gasteiger partial charge in [0.2, 0.25) is 0 Å². The van der Waals surface area contributed by atoms with Crippen molar-refractivity contribution in [2.45, 2.75) is 30.6 Å². The van der Waals surface area contributed by atoms with Crippen LogP contribution in [0.1, 0.15) is 22.3 Å². The van der Waals surface area contributed by atoms with Crippen LogP contribution in [0.5, 0.6) is 17.2 Å². The Morgan fingerprint density at radius 1 is 0.917 bits per heavy atom. The topological polar surface area (TPSA) is 75.6 Å². The van der Waals surface area contributed by atoms with Gasteiger partial charge in [-0.25, -0.2) is 0 Å². The normalized spacial score (nSPS) is 16.9. The lowest BCUT2D eigenvalue weighted by molar-refractivity contribution is -0.143. The third-order valence-electron chi connectivity index (χ3n) is 7.68. The minimum absolute atomic E-state index is 0.0710. The fourth-order valence-electron chi connectivity index (χ4n) is 5.09. The maximum Gasteiger partial charge on any atom is 0.416 e. The van der Waals surface area contributed by atoms with Crippen LogP contribution in [-0.2, 0) is 30.2 Å². The number of thiocarbonyl (C=S) groups is 1. The standard InChI is InChI=1S/C32H30F6N4O4S2/c1-44-23-8-6-22(7-9-23)39-29(47)41-11-13-42(14-12-41)30-40-28(43)27(48-30)16-19-3-10-25(26(15-19)45-2)46-18-20-4-5-21(31(33,34)35)17-24(20)32(36,37)38/h3-10,15,17,27H,11-14,16,18H2,1-2H3,(H,39,47). The van der Waals surface area contributed by atoms with Gasteiger partial charge in [0, 0.05) is 37.4 Å². The monoisotopic (exact) mass is 712 g/mol. The van der Waals surface area contributed by atoms with Gasteiger partial charge in [-0.3, -0.25) is 4.79 Å². The van der Waals surface area contributed by atoms with Crippen molar-refractivity contribution in [1.82, 2.24) is 9.80 Å². The first-order chi connectivity index (χ1) is 22.7. The summed E-state index contributed by atoms with van der Waals surface area (Å²) in [5.74, 6) is 0.748. The maximum atomic E-state index is 13.6. The summed E-state index contributed by atoms with van der Waals surface area (Å²) >= 11 is 6.94. The zero-order chi connectivity index (χ0) is 34.6. The number of rotatable bonds is 8. The van der Waals surface area contributed by atoms with E-state index in [0.29, 0.717) is 54.5 Å². The third-order valence-corrected chi connectivity index (χ3v) is 9.26. The molecule has 1 saturated heterocycles. The quantitative estimate of drug-likeness (QED) is 0.199. The number of hydrogen-bond donors (Lipinski definition) is 1. The van der Waals surface area contributed by atoms with Gasteiger partial charge in [0.05, 0.1) is 30.6 Å². The molecule has 0 radical (unpaired) electrons. The molecule has 256 valence electrons. The summed E-state index contributed by atoms with van der Waals surface area (Å²) < 4.78 is 95.8. The number of hydrogen-bond acceptors (Lipinski definition) is 7. The molecule has 3 aromatic carbocycles. The average Bonchev–Trinajstić information content (AvgIpc) is 3.42. The molecule has 0 aliphatic carbocycles. The molecule has 5 rings (SSSR count). The third kappa shape index (κ3) is 8.45. The van der Waals surface area contributed by atoms with Crippen LogP contribution >= 0.6 is 24.0 Å². The molecule has 0 bridgehead atoms. The molecule has 1 atom stereocenters. The van der Waals surface area contributed by atoms with E-state index in [1.165, 1.54) is 24.9 Å². The maximum absolute atomic E-state index is 13.6. The van der Waals surface area contributed by atoms with Gasteiger partial charge in [-0.2, -0.15) is 31.3 Å². The second-order valence-corrected chi connectivity index (χ2v) is 12.4. The molecular weight excluding hydrogens is 682 g/mol. The SMILES string of the molecule is COc1ccc(NC(=S)N2CCN(C3=NC(=O)C(Cc4ccc(OCc5ccc(C(F)(F)F)cc5C(F)(F)F)c(OC)c4)S3)CC2)cc1. The summed E-state index contributed by atoms with van der Waals surface area (Å²) in [7, 11) is 2.95. The number of alkyl halides is 6. The number of amidine groups is 1. The van der Waals surface area contributed by atoms with Crippen LogP contribution < -0.4 is 19.5 Å². The number of methoxy groups -OCH3 is 2. The fourth-order valence-corrected chi connectivity index (χ4v) is 6.55. The van der Waals surface area contributed by atoms with E-state index >= 15 is 0 Å². The molecule has 8 nitrogen and oxygen atoms in total. The van der Waals surface area contributed by atoms with Gasteiger partial charge in [0.1, 0.15) is 12.4 Å². The summed E-state index contributed by atoms with van der Waals surface area (Å²) in [6, 6.07) is 13.6. The first kappa shape index (κ1) is 35.1. The highest BCUT2D eigenvalue weighted by molar-refractivity contribution is 8.15. The molecule has 0 aromatic heterocycles. The van der Waals surface area contributed by atoms with Gasteiger partial charge < -0.3 is 29.3 Å². The van der Waals surface area contributed by atoms with Gasteiger partial charge in [-0.05, 0) is 72.7 Å². The van der Waals surface area contributed by atoms with Gasteiger partial charge in [0.25, 0.3) is 5.91 Å². The summed E-state index contributed by atoms with van der Waals surface area (Å²) in [6.07, 6.45) is -9.64. The number of thioether (sulfide) groups is 1. The Hall–Kier alpha value is -4.18. The zero-order valence-electron chi connectivity index (χ0n) is 25.7. The van der Waals surface area contributed by atoms with Crippen molar-refractivity contribution >= 4 is 45.9 Å². The molecule has 3 aromatic rings. The molecular formula is C32H30F6N4O4S2. The number of benzene rings is 3. The van der Waals surface area contributed by atoms with E-state index in [9.17, 15) is 31.1 Å². The molecule has 48 heavy (non-hydrogen) atoms. The Kier molecular flexibility index (Phi) is 10.6. The summed E-state index contributed by atoms with van der Waals surface area (Å²) in [5.41, 5.74) is -1.76. The second kappa shape index (κ2) is 14.5. The zero-order valence-corrected chi connectivity index (χ0v) is 27.3. The lowest BCUT2D eigenvalue weighted by atomic mass is 10.0. The van der Waals surface area contributed by atoms with E-state index in [1.807, 2.05) is 34.1 Å². The molecule has 2 heterocycles. The van der Waals surface area contributed by atoms with E-state index in [-0.39, 0.29) is 23.5 Å². The smallest absolute Gasteiger partial charge is 0.416 e. The highest BCUT2D eigenvalue weighted by atomic mass is 32.2. The van der Waals surface area contributed by atoms with Crippen molar-refractivity contribution in [3.05, 3.63) is 82.9 Å². The number of amides is 1. The Morgan fingerprint density at radius 2 is 1.62 bits per heavy atom. The van der Waals surface area contributed by atoms with Crippen LogP contribution in [0.4, 0.5) is 32.0 Å². The number of nitrogens with zero attached hydrogens (tertiary/aromatic N) is 3. The van der Waals surface area contributed by atoms with Crippen molar-refractivity contribution in [1.29, 1.82) is 0 Å². The van der Waals surface area contributed by atoms with E-state index in [0.717, 1.165) is 17.5 Å². The highest BCUT2D eigenvalue weighted by Gasteiger charge is 2.38. The second-order valence-electron chi connectivity index (χ2n) is 10.8. The molecule has 2 aliphatic heterocycles. The molecule has 1 unspecified atom stereocenters. The average molecular weight is 713 g/mol. The minimum atomic E-state index is -5.02. The Labute approximate surface area is 282 Å². The van der Waals surface area contributed by atoms with Crippen molar-refractivity contribution in [2.24, 2.45) is 4.99 Å². The number of carbonyl (C=O) groups is 1. The summed E-state index contributed by atoms with van der Waals surface area (Å²) in [4.78, 5) is 21.2. The van der Waals surface area contributed by atoms with E-state index < -0.39 is 40.9 Å². The van der Waals surface area contributed by atoms with E-state index in [1.54, 1.807) is 19.2 Å². The van der Waals surface area contributed by atoms with E-state index in [2.05, 4.69) is 10.3 Å². The van der Waals surface area contributed by atoms with Crippen molar-refractivity contribution in [2.75, 3.05) is 45.7 Å². The van der Waals surface area contributed by atoms with Crippen LogP contribution in [0.15, 0.2) is 65.7 Å².